The highest BCUT2D eigenvalue weighted by Gasteiger charge is 2.39. The number of aliphatic carboxylic acids is 1. The molecule has 21 heavy (non-hydrogen) atoms. The summed E-state index contributed by atoms with van der Waals surface area (Å²) in [4.78, 5) is 25.8. The third-order valence-electron chi connectivity index (χ3n) is 4.33. The lowest BCUT2D eigenvalue weighted by Gasteiger charge is -2.33. The molecule has 2 rings (SSSR count). The summed E-state index contributed by atoms with van der Waals surface area (Å²) in [7, 11) is 0. The fraction of sp³-hybridized carbons (Fsp3) is 0.500. The van der Waals surface area contributed by atoms with Gasteiger partial charge in [0.05, 0.1) is 17.6 Å². The van der Waals surface area contributed by atoms with E-state index >= 15 is 0 Å². The van der Waals surface area contributed by atoms with Crippen molar-refractivity contribution >= 4 is 17.6 Å². The van der Waals surface area contributed by atoms with Crippen molar-refractivity contribution in [3.63, 3.8) is 0 Å². The lowest BCUT2D eigenvalue weighted by atomic mass is 9.79. The number of hydrogen-bond acceptors (Lipinski definition) is 3. The molecule has 0 unspecified atom stereocenters. The number of carbonyl (C=O) groups is 2. The molecule has 1 amide bonds. The van der Waals surface area contributed by atoms with Gasteiger partial charge in [0.2, 0.25) is 5.91 Å². The summed E-state index contributed by atoms with van der Waals surface area (Å²) in [6.07, 6.45) is 0.900. The van der Waals surface area contributed by atoms with E-state index in [4.69, 9.17) is 4.74 Å². The van der Waals surface area contributed by atoms with Crippen LogP contribution in [0.25, 0.3) is 0 Å². The molecule has 1 aliphatic heterocycles. The molecule has 1 aromatic carbocycles. The molecule has 1 aliphatic rings. The van der Waals surface area contributed by atoms with Crippen molar-refractivity contribution in [2.24, 2.45) is 5.41 Å². The quantitative estimate of drug-likeness (QED) is 0.905. The first-order valence-electron chi connectivity index (χ1n) is 7.29. The molecule has 0 aliphatic carbocycles. The molecule has 1 aromatic rings. The maximum atomic E-state index is 12.6. The number of carboxylic acid groups (broad SMARTS) is 1. The van der Waals surface area contributed by atoms with Crippen molar-refractivity contribution in [3.8, 4) is 5.75 Å². The molecule has 0 bridgehead atoms. The Bertz CT molecular complexity index is 537. The van der Waals surface area contributed by atoms with Gasteiger partial charge < -0.3 is 14.7 Å². The molecule has 0 aromatic heterocycles. The van der Waals surface area contributed by atoms with Gasteiger partial charge in [-0.3, -0.25) is 9.59 Å². The molecule has 114 valence electrons. The molecule has 1 N–H and O–H groups in total. The Balaban J connectivity index is 2.24. The molecule has 0 saturated carbocycles. The Labute approximate surface area is 124 Å². The minimum absolute atomic E-state index is 0.0175. The first-order valence-corrected chi connectivity index (χ1v) is 7.29. The second-order valence-electron chi connectivity index (χ2n) is 5.33. The normalized spacial score (nSPS) is 14.3. The summed E-state index contributed by atoms with van der Waals surface area (Å²) >= 11 is 0. The van der Waals surface area contributed by atoms with Gasteiger partial charge in [0, 0.05) is 6.42 Å². The van der Waals surface area contributed by atoms with Gasteiger partial charge in [-0.2, -0.15) is 0 Å². The third kappa shape index (κ3) is 2.86. The van der Waals surface area contributed by atoms with Crippen molar-refractivity contribution < 1.29 is 19.4 Å². The molecule has 1 heterocycles. The van der Waals surface area contributed by atoms with Crippen molar-refractivity contribution in [1.29, 1.82) is 0 Å². The number of rotatable bonds is 5. The number of ether oxygens (including phenoxy) is 1. The topological polar surface area (TPSA) is 66.8 Å². The average molecular weight is 291 g/mol. The highest BCUT2D eigenvalue weighted by Crippen LogP contribution is 2.36. The molecule has 0 saturated heterocycles. The van der Waals surface area contributed by atoms with Crippen LogP contribution < -0.4 is 9.64 Å². The highest BCUT2D eigenvalue weighted by atomic mass is 16.5. The molecule has 0 radical (unpaired) electrons. The van der Waals surface area contributed by atoms with Gasteiger partial charge in [0.15, 0.2) is 0 Å². The summed E-state index contributed by atoms with van der Waals surface area (Å²) in [6.45, 7) is 4.52. The van der Waals surface area contributed by atoms with Crippen LogP contribution in [0.15, 0.2) is 24.3 Å². The lowest BCUT2D eigenvalue weighted by Crippen LogP contribution is -2.42. The summed E-state index contributed by atoms with van der Waals surface area (Å²) in [5.74, 6) is -0.384. The van der Waals surface area contributed by atoms with Crippen molar-refractivity contribution in [2.45, 2.75) is 33.1 Å². The number of benzene rings is 1. The predicted molar refractivity (Wildman–Crippen MR) is 79.6 cm³/mol. The second-order valence-corrected chi connectivity index (χ2v) is 5.33. The number of para-hydroxylation sites is 2. The smallest absolute Gasteiger partial charge is 0.310 e. The summed E-state index contributed by atoms with van der Waals surface area (Å²) in [5.41, 5.74) is -0.259. The Morgan fingerprint density at radius 1 is 1.29 bits per heavy atom. The summed E-state index contributed by atoms with van der Waals surface area (Å²) in [5, 5.41) is 9.47. The van der Waals surface area contributed by atoms with Crippen LogP contribution in [0.1, 0.15) is 33.1 Å². The Morgan fingerprint density at radius 3 is 2.57 bits per heavy atom. The number of amides is 1. The van der Waals surface area contributed by atoms with E-state index in [9.17, 15) is 14.7 Å². The van der Waals surface area contributed by atoms with Gasteiger partial charge in [-0.1, -0.05) is 26.0 Å². The maximum absolute atomic E-state index is 12.6. The highest BCUT2D eigenvalue weighted by molar-refractivity contribution is 5.97. The van der Waals surface area contributed by atoms with Gasteiger partial charge in [0.1, 0.15) is 12.4 Å². The van der Waals surface area contributed by atoms with E-state index in [1.807, 2.05) is 38.1 Å². The number of anilines is 1. The van der Waals surface area contributed by atoms with Gasteiger partial charge in [-0.05, 0) is 25.0 Å². The summed E-state index contributed by atoms with van der Waals surface area (Å²) < 4.78 is 5.52. The van der Waals surface area contributed by atoms with Gasteiger partial charge >= 0.3 is 5.97 Å². The monoisotopic (exact) mass is 291 g/mol. The number of nitrogens with zero attached hydrogens (tertiary/aromatic N) is 1. The zero-order valence-corrected chi connectivity index (χ0v) is 12.5. The van der Waals surface area contributed by atoms with Crippen LogP contribution in [0.5, 0.6) is 5.75 Å². The van der Waals surface area contributed by atoms with Gasteiger partial charge in [-0.25, -0.2) is 0 Å². The Morgan fingerprint density at radius 2 is 1.95 bits per heavy atom. The van der Waals surface area contributed by atoms with E-state index in [1.165, 1.54) is 0 Å². The van der Waals surface area contributed by atoms with Crippen LogP contribution in [0.3, 0.4) is 0 Å². The van der Waals surface area contributed by atoms with Gasteiger partial charge in [0.25, 0.3) is 0 Å². The van der Waals surface area contributed by atoms with Gasteiger partial charge in [-0.15, -0.1) is 0 Å². The fourth-order valence-corrected chi connectivity index (χ4v) is 2.69. The SMILES string of the molecule is CCC(CC)(CC(=O)N1CCOc2ccccc21)C(=O)O. The van der Waals surface area contributed by atoms with E-state index in [1.54, 1.807) is 4.90 Å². The molecule has 5 heteroatoms. The van der Waals surface area contributed by atoms with E-state index < -0.39 is 11.4 Å². The Hall–Kier alpha value is -2.04. The molecule has 5 nitrogen and oxygen atoms in total. The number of fused-ring (bicyclic) bond motifs is 1. The maximum Gasteiger partial charge on any atom is 0.310 e. The van der Waals surface area contributed by atoms with E-state index in [2.05, 4.69) is 0 Å². The zero-order valence-electron chi connectivity index (χ0n) is 12.5. The number of carbonyl (C=O) groups excluding carboxylic acids is 1. The van der Waals surface area contributed by atoms with Crippen LogP contribution in [-0.4, -0.2) is 30.1 Å². The first-order chi connectivity index (χ1) is 10.0. The third-order valence-corrected chi connectivity index (χ3v) is 4.33. The average Bonchev–Trinajstić information content (AvgIpc) is 2.51. The Kier molecular flexibility index (Phi) is 4.50. The molecule has 0 atom stereocenters. The molecular formula is C16H21NO4. The standard InChI is InChI=1S/C16H21NO4/c1-3-16(4-2,15(19)20)11-14(18)17-9-10-21-13-8-6-5-7-12(13)17/h5-8H,3-4,9-11H2,1-2H3,(H,19,20). The van der Waals surface area contributed by atoms with Crippen molar-refractivity contribution in [2.75, 3.05) is 18.1 Å². The number of hydrogen-bond donors (Lipinski definition) is 1. The van der Waals surface area contributed by atoms with E-state index in [0.717, 1.165) is 5.69 Å². The summed E-state index contributed by atoms with van der Waals surface area (Å²) in [6, 6.07) is 7.34. The van der Waals surface area contributed by atoms with Crippen LogP contribution in [-0.2, 0) is 9.59 Å². The first kappa shape index (κ1) is 15.4. The zero-order chi connectivity index (χ0) is 15.5. The minimum Gasteiger partial charge on any atom is -0.490 e. The second kappa shape index (κ2) is 6.16. The lowest BCUT2D eigenvalue weighted by molar-refractivity contribution is -0.152. The molecule has 0 fully saturated rings. The largest absolute Gasteiger partial charge is 0.490 e. The molecular weight excluding hydrogens is 270 g/mol. The van der Waals surface area contributed by atoms with Crippen LogP contribution in [0, 0.1) is 5.41 Å². The van der Waals surface area contributed by atoms with E-state index in [0.29, 0.717) is 31.7 Å². The van der Waals surface area contributed by atoms with Crippen LogP contribution >= 0.6 is 0 Å². The minimum atomic E-state index is -0.982. The fourth-order valence-electron chi connectivity index (χ4n) is 2.69. The van der Waals surface area contributed by atoms with Crippen LogP contribution in [0.2, 0.25) is 0 Å². The van der Waals surface area contributed by atoms with Crippen molar-refractivity contribution in [3.05, 3.63) is 24.3 Å². The predicted octanol–water partition coefficient (Wildman–Crippen LogP) is 2.69. The van der Waals surface area contributed by atoms with E-state index in [-0.39, 0.29) is 12.3 Å². The van der Waals surface area contributed by atoms with Crippen LogP contribution in [0.4, 0.5) is 5.69 Å². The van der Waals surface area contributed by atoms with Crippen molar-refractivity contribution in [1.82, 2.24) is 0 Å². The molecule has 0 spiro atoms. The number of carboxylic acids is 1.